The molecule has 0 aromatic heterocycles. The van der Waals surface area contributed by atoms with Crippen LogP contribution in [0.2, 0.25) is 0 Å². The van der Waals surface area contributed by atoms with Crippen molar-refractivity contribution in [1.82, 2.24) is 0 Å². The van der Waals surface area contributed by atoms with Crippen LogP contribution in [-0.2, 0) is 19.1 Å². The standard InChI is InChI=1S/C19H25BrFNO5/c1-5-6-7-24-16-10-26-22-18(16)12-8-13(20)14(21)9-15(12)25-11-17(23)27-19(2,3)4/h8-9,16H,5-7,10-11H2,1-4H3. The van der Waals surface area contributed by atoms with E-state index in [0.29, 0.717) is 17.9 Å². The summed E-state index contributed by atoms with van der Waals surface area (Å²) in [6.45, 7) is 7.86. The average Bonchev–Trinajstić information content (AvgIpc) is 3.02. The summed E-state index contributed by atoms with van der Waals surface area (Å²) >= 11 is 3.17. The first-order valence-corrected chi connectivity index (χ1v) is 9.66. The van der Waals surface area contributed by atoms with Crippen molar-refractivity contribution in [2.24, 2.45) is 5.16 Å². The van der Waals surface area contributed by atoms with Gasteiger partial charge in [-0.2, -0.15) is 0 Å². The maximum atomic E-state index is 14.0. The van der Waals surface area contributed by atoms with Crippen molar-refractivity contribution in [3.05, 3.63) is 28.0 Å². The molecule has 1 unspecified atom stereocenters. The molecule has 0 radical (unpaired) electrons. The lowest BCUT2D eigenvalue weighted by atomic mass is 10.0. The molecule has 0 bridgehead atoms. The van der Waals surface area contributed by atoms with Gasteiger partial charge in [-0.1, -0.05) is 18.5 Å². The number of rotatable bonds is 8. The Bertz CT molecular complexity index is 702. The number of halogens is 2. The Balaban J connectivity index is 2.18. The van der Waals surface area contributed by atoms with E-state index in [1.54, 1.807) is 26.8 Å². The molecule has 0 fully saturated rings. The molecule has 1 aromatic carbocycles. The number of oxime groups is 1. The van der Waals surface area contributed by atoms with Gasteiger partial charge in [-0.05, 0) is 49.2 Å². The van der Waals surface area contributed by atoms with E-state index in [9.17, 15) is 9.18 Å². The number of esters is 1. The van der Waals surface area contributed by atoms with Crippen molar-refractivity contribution < 1.29 is 28.2 Å². The predicted octanol–water partition coefficient (Wildman–Crippen LogP) is 4.23. The number of ether oxygens (including phenoxy) is 3. The first kappa shape index (κ1) is 21.6. The van der Waals surface area contributed by atoms with Crippen molar-refractivity contribution in [1.29, 1.82) is 0 Å². The fourth-order valence-electron chi connectivity index (χ4n) is 2.39. The van der Waals surface area contributed by atoms with Crippen molar-refractivity contribution in [3.63, 3.8) is 0 Å². The second-order valence-electron chi connectivity index (χ2n) is 7.12. The molecule has 1 heterocycles. The van der Waals surface area contributed by atoms with Crippen LogP contribution in [0.25, 0.3) is 0 Å². The predicted molar refractivity (Wildman–Crippen MR) is 103 cm³/mol. The van der Waals surface area contributed by atoms with Crippen LogP contribution >= 0.6 is 15.9 Å². The van der Waals surface area contributed by atoms with E-state index in [2.05, 4.69) is 28.0 Å². The normalized spacial score (nSPS) is 16.7. The smallest absolute Gasteiger partial charge is 0.344 e. The van der Waals surface area contributed by atoms with Gasteiger partial charge in [0, 0.05) is 18.2 Å². The molecule has 150 valence electrons. The van der Waals surface area contributed by atoms with Crippen LogP contribution in [-0.4, -0.2) is 43.2 Å². The zero-order valence-electron chi connectivity index (χ0n) is 16.0. The lowest BCUT2D eigenvalue weighted by Gasteiger charge is -2.20. The van der Waals surface area contributed by atoms with Crippen molar-refractivity contribution in [2.45, 2.75) is 52.2 Å². The summed E-state index contributed by atoms with van der Waals surface area (Å²) in [5, 5.41) is 4.04. The first-order valence-electron chi connectivity index (χ1n) is 8.86. The van der Waals surface area contributed by atoms with Crippen LogP contribution in [0.15, 0.2) is 21.8 Å². The van der Waals surface area contributed by atoms with Gasteiger partial charge in [-0.25, -0.2) is 9.18 Å². The van der Waals surface area contributed by atoms with E-state index in [4.69, 9.17) is 19.0 Å². The Morgan fingerprint density at radius 3 is 2.81 bits per heavy atom. The van der Waals surface area contributed by atoms with Crippen LogP contribution in [0.4, 0.5) is 4.39 Å². The van der Waals surface area contributed by atoms with Gasteiger partial charge >= 0.3 is 5.97 Å². The van der Waals surface area contributed by atoms with Crippen molar-refractivity contribution in [3.8, 4) is 5.75 Å². The molecule has 27 heavy (non-hydrogen) atoms. The second-order valence-corrected chi connectivity index (χ2v) is 7.98. The zero-order valence-corrected chi connectivity index (χ0v) is 17.6. The number of carbonyl (C=O) groups excluding carboxylic acids is 1. The van der Waals surface area contributed by atoms with Crippen molar-refractivity contribution >= 4 is 27.6 Å². The number of benzene rings is 1. The van der Waals surface area contributed by atoms with Gasteiger partial charge in [0.25, 0.3) is 0 Å². The van der Waals surface area contributed by atoms with Crippen LogP contribution in [0.1, 0.15) is 46.1 Å². The van der Waals surface area contributed by atoms with Gasteiger partial charge in [-0.3, -0.25) is 0 Å². The number of nitrogens with zero attached hydrogens (tertiary/aromatic N) is 1. The van der Waals surface area contributed by atoms with E-state index in [1.165, 1.54) is 6.07 Å². The van der Waals surface area contributed by atoms with Crippen LogP contribution in [0.3, 0.4) is 0 Å². The highest BCUT2D eigenvalue weighted by atomic mass is 79.9. The van der Waals surface area contributed by atoms with Gasteiger partial charge in [0.05, 0.1) is 4.47 Å². The lowest BCUT2D eigenvalue weighted by Crippen LogP contribution is -2.28. The molecular weight excluding hydrogens is 421 g/mol. The molecule has 0 spiro atoms. The summed E-state index contributed by atoms with van der Waals surface area (Å²) in [6.07, 6.45) is 1.54. The molecular formula is C19H25BrFNO5. The largest absolute Gasteiger partial charge is 0.481 e. The molecule has 8 heteroatoms. The van der Waals surface area contributed by atoms with Crippen LogP contribution in [0, 0.1) is 5.82 Å². The van der Waals surface area contributed by atoms with Gasteiger partial charge in [-0.15, -0.1) is 0 Å². The van der Waals surface area contributed by atoms with Gasteiger partial charge in [0.15, 0.2) is 6.61 Å². The molecule has 0 aliphatic carbocycles. The number of hydrogen-bond acceptors (Lipinski definition) is 6. The lowest BCUT2D eigenvalue weighted by molar-refractivity contribution is -0.157. The zero-order chi connectivity index (χ0) is 20.0. The molecule has 0 saturated carbocycles. The summed E-state index contributed by atoms with van der Waals surface area (Å²) in [7, 11) is 0. The van der Waals surface area contributed by atoms with Crippen LogP contribution in [0.5, 0.6) is 5.75 Å². The van der Waals surface area contributed by atoms with Gasteiger partial charge < -0.3 is 19.0 Å². The monoisotopic (exact) mass is 445 g/mol. The summed E-state index contributed by atoms with van der Waals surface area (Å²) in [5.74, 6) is -0.882. The Hall–Kier alpha value is -1.67. The van der Waals surface area contributed by atoms with Gasteiger partial charge in [0.1, 0.15) is 35.6 Å². The summed E-state index contributed by atoms with van der Waals surface area (Å²) < 4.78 is 30.9. The summed E-state index contributed by atoms with van der Waals surface area (Å²) in [4.78, 5) is 17.1. The van der Waals surface area contributed by atoms with Crippen LogP contribution < -0.4 is 4.74 Å². The molecule has 1 atom stereocenters. The minimum atomic E-state index is -0.629. The Labute approximate surface area is 167 Å². The third kappa shape index (κ3) is 6.46. The molecule has 1 aliphatic rings. The quantitative estimate of drug-likeness (QED) is 0.442. The highest BCUT2D eigenvalue weighted by molar-refractivity contribution is 9.10. The SMILES string of the molecule is CCCCOC1CON=C1c1cc(Br)c(F)cc1OCC(=O)OC(C)(C)C. The highest BCUT2D eigenvalue weighted by Crippen LogP contribution is 2.30. The minimum absolute atomic E-state index is 0.176. The van der Waals surface area contributed by atoms with E-state index < -0.39 is 17.4 Å². The maximum Gasteiger partial charge on any atom is 0.344 e. The van der Waals surface area contributed by atoms with E-state index in [-0.39, 0.29) is 29.5 Å². The molecule has 0 amide bonds. The van der Waals surface area contributed by atoms with Gasteiger partial charge in [0.2, 0.25) is 0 Å². The van der Waals surface area contributed by atoms with E-state index in [1.807, 2.05) is 0 Å². The summed E-state index contributed by atoms with van der Waals surface area (Å²) in [6, 6.07) is 2.75. The van der Waals surface area contributed by atoms with E-state index >= 15 is 0 Å². The van der Waals surface area contributed by atoms with Crippen molar-refractivity contribution in [2.75, 3.05) is 19.8 Å². The fraction of sp³-hybridized carbons (Fsp3) is 0.579. The van der Waals surface area contributed by atoms with E-state index in [0.717, 1.165) is 12.8 Å². The Morgan fingerprint density at radius 2 is 2.15 bits per heavy atom. The summed E-state index contributed by atoms with van der Waals surface area (Å²) in [5.41, 5.74) is 0.382. The molecule has 1 aliphatic heterocycles. The maximum absolute atomic E-state index is 14.0. The molecule has 2 rings (SSSR count). The minimum Gasteiger partial charge on any atom is -0.481 e. The fourth-order valence-corrected chi connectivity index (χ4v) is 2.73. The number of unbranched alkanes of at least 4 members (excludes halogenated alkanes) is 1. The topological polar surface area (TPSA) is 66.3 Å². The molecule has 6 nitrogen and oxygen atoms in total. The second kappa shape index (κ2) is 9.50. The molecule has 1 aromatic rings. The number of carbonyl (C=O) groups is 1. The third-order valence-corrected chi connectivity index (χ3v) is 4.18. The molecule has 0 N–H and O–H groups in total. The average molecular weight is 446 g/mol. The Morgan fingerprint density at radius 1 is 1.41 bits per heavy atom. The Kier molecular flexibility index (Phi) is 7.61. The molecule has 0 saturated heterocycles. The first-order chi connectivity index (χ1) is 12.7. The third-order valence-electron chi connectivity index (χ3n) is 3.57. The highest BCUT2D eigenvalue weighted by Gasteiger charge is 2.29. The number of hydrogen-bond donors (Lipinski definition) is 0.